The van der Waals surface area contributed by atoms with Gasteiger partial charge in [0.25, 0.3) is 5.91 Å². The molecule has 0 unspecified atom stereocenters. The van der Waals surface area contributed by atoms with E-state index in [-0.39, 0.29) is 5.91 Å². The van der Waals surface area contributed by atoms with Crippen molar-refractivity contribution >= 4 is 23.1 Å². The number of carbonyl (C=O) groups excluding carboxylic acids is 1. The molecule has 29 heavy (non-hydrogen) atoms. The van der Waals surface area contributed by atoms with E-state index in [2.05, 4.69) is 52.2 Å². The Hall–Kier alpha value is -3.41. The Bertz CT molecular complexity index is 980. The summed E-state index contributed by atoms with van der Waals surface area (Å²) in [5.41, 5.74) is 4.80. The largest absolute Gasteiger partial charge is 0.354 e. The molecule has 2 aromatic heterocycles. The molecule has 1 saturated heterocycles. The summed E-state index contributed by atoms with van der Waals surface area (Å²) in [4.78, 5) is 25.7. The Labute approximate surface area is 171 Å². The molecule has 6 heteroatoms. The van der Waals surface area contributed by atoms with Crippen LogP contribution >= 0.6 is 0 Å². The second-order valence-electron chi connectivity index (χ2n) is 7.34. The van der Waals surface area contributed by atoms with Crippen molar-refractivity contribution in [2.75, 3.05) is 36.4 Å². The lowest BCUT2D eigenvalue weighted by Gasteiger charge is -2.35. The van der Waals surface area contributed by atoms with Gasteiger partial charge in [-0.3, -0.25) is 4.79 Å². The normalized spacial score (nSPS) is 14.0. The zero-order valence-electron chi connectivity index (χ0n) is 16.8. The summed E-state index contributed by atoms with van der Waals surface area (Å²) in [6.45, 7) is 7.03. The standard InChI is InChI=1S/C23H25N5O/c1-17-6-8-20(18(2)15-17)26-19-7-9-21(25-16-19)23(29)28-13-11-27(12-14-28)22-5-3-4-10-24-22/h3-10,15-16,26H,11-14H2,1-2H3. The van der Waals surface area contributed by atoms with Gasteiger partial charge in [0, 0.05) is 38.1 Å². The van der Waals surface area contributed by atoms with E-state index in [1.165, 1.54) is 11.1 Å². The highest BCUT2D eigenvalue weighted by molar-refractivity contribution is 5.92. The average Bonchev–Trinajstić information content (AvgIpc) is 2.76. The molecule has 1 aromatic carbocycles. The van der Waals surface area contributed by atoms with E-state index >= 15 is 0 Å². The molecule has 148 valence electrons. The van der Waals surface area contributed by atoms with Gasteiger partial charge in [-0.1, -0.05) is 23.8 Å². The first-order valence-electron chi connectivity index (χ1n) is 9.86. The summed E-state index contributed by atoms with van der Waals surface area (Å²) in [5.74, 6) is 0.934. The quantitative estimate of drug-likeness (QED) is 0.738. The summed E-state index contributed by atoms with van der Waals surface area (Å²) in [6, 6.07) is 15.9. The maximum atomic E-state index is 12.8. The van der Waals surface area contributed by atoms with Crippen molar-refractivity contribution in [3.05, 3.63) is 77.7 Å². The molecule has 0 spiro atoms. The summed E-state index contributed by atoms with van der Waals surface area (Å²) >= 11 is 0. The van der Waals surface area contributed by atoms with E-state index in [0.717, 1.165) is 30.3 Å². The molecular formula is C23H25N5O. The van der Waals surface area contributed by atoms with Crippen LogP contribution in [0.3, 0.4) is 0 Å². The lowest BCUT2D eigenvalue weighted by molar-refractivity contribution is 0.0740. The predicted octanol–water partition coefficient (Wildman–Crippen LogP) is 3.80. The van der Waals surface area contributed by atoms with Crippen LogP contribution in [0.25, 0.3) is 0 Å². The molecule has 4 rings (SSSR count). The van der Waals surface area contributed by atoms with Gasteiger partial charge in [0.15, 0.2) is 0 Å². The van der Waals surface area contributed by atoms with Crippen molar-refractivity contribution in [2.24, 2.45) is 0 Å². The van der Waals surface area contributed by atoms with E-state index in [1.807, 2.05) is 29.2 Å². The van der Waals surface area contributed by atoms with Crippen LogP contribution in [-0.4, -0.2) is 47.0 Å². The van der Waals surface area contributed by atoms with Gasteiger partial charge in [0.05, 0.1) is 11.9 Å². The van der Waals surface area contributed by atoms with E-state index in [0.29, 0.717) is 18.8 Å². The highest BCUT2D eigenvalue weighted by Gasteiger charge is 2.23. The molecule has 6 nitrogen and oxygen atoms in total. The fourth-order valence-corrected chi connectivity index (χ4v) is 3.55. The van der Waals surface area contributed by atoms with Gasteiger partial charge in [-0.05, 0) is 49.7 Å². The first-order valence-corrected chi connectivity index (χ1v) is 9.86. The van der Waals surface area contributed by atoms with E-state index in [9.17, 15) is 4.79 Å². The number of benzene rings is 1. The molecule has 1 aliphatic heterocycles. The van der Waals surface area contributed by atoms with Crippen LogP contribution in [0, 0.1) is 13.8 Å². The highest BCUT2D eigenvalue weighted by atomic mass is 16.2. The number of aromatic nitrogens is 2. The van der Waals surface area contributed by atoms with Crippen LogP contribution in [0.5, 0.6) is 0 Å². The summed E-state index contributed by atoms with van der Waals surface area (Å²) in [7, 11) is 0. The lowest BCUT2D eigenvalue weighted by Crippen LogP contribution is -2.49. The molecule has 0 aliphatic carbocycles. The van der Waals surface area contributed by atoms with Crippen LogP contribution in [0.4, 0.5) is 17.2 Å². The maximum Gasteiger partial charge on any atom is 0.272 e. The molecule has 0 bridgehead atoms. The Balaban J connectivity index is 1.37. The molecule has 1 fully saturated rings. The molecule has 1 N–H and O–H groups in total. The fraction of sp³-hybridized carbons (Fsp3) is 0.261. The molecule has 3 aromatic rings. The van der Waals surface area contributed by atoms with E-state index < -0.39 is 0 Å². The summed E-state index contributed by atoms with van der Waals surface area (Å²) < 4.78 is 0. The number of aryl methyl sites for hydroxylation is 2. The molecule has 0 radical (unpaired) electrons. The molecule has 1 aliphatic rings. The molecule has 3 heterocycles. The van der Waals surface area contributed by atoms with Gasteiger partial charge < -0.3 is 15.1 Å². The number of hydrogen-bond acceptors (Lipinski definition) is 5. The number of nitrogens with zero attached hydrogens (tertiary/aromatic N) is 4. The number of hydrogen-bond donors (Lipinski definition) is 1. The Morgan fingerprint density at radius 2 is 1.79 bits per heavy atom. The SMILES string of the molecule is Cc1ccc(Nc2ccc(C(=O)N3CCN(c4ccccn4)CC3)nc2)c(C)c1. The third kappa shape index (κ3) is 4.37. The van der Waals surface area contributed by atoms with Crippen molar-refractivity contribution in [1.29, 1.82) is 0 Å². The second-order valence-corrected chi connectivity index (χ2v) is 7.34. The first-order chi connectivity index (χ1) is 14.1. The number of rotatable bonds is 4. The molecular weight excluding hydrogens is 362 g/mol. The van der Waals surface area contributed by atoms with Crippen molar-refractivity contribution in [3.8, 4) is 0 Å². The number of carbonyl (C=O) groups is 1. The minimum Gasteiger partial charge on any atom is -0.354 e. The van der Waals surface area contributed by atoms with Crippen LogP contribution in [-0.2, 0) is 0 Å². The number of nitrogens with one attached hydrogen (secondary N) is 1. The Morgan fingerprint density at radius 3 is 2.45 bits per heavy atom. The fourth-order valence-electron chi connectivity index (χ4n) is 3.55. The number of amides is 1. The highest BCUT2D eigenvalue weighted by Crippen LogP contribution is 2.21. The third-order valence-corrected chi connectivity index (χ3v) is 5.18. The lowest BCUT2D eigenvalue weighted by atomic mass is 10.1. The van der Waals surface area contributed by atoms with E-state index in [1.54, 1.807) is 18.5 Å². The Morgan fingerprint density at radius 1 is 0.966 bits per heavy atom. The van der Waals surface area contributed by atoms with Crippen LogP contribution in [0.1, 0.15) is 21.6 Å². The predicted molar refractivity (Wildman–Crippen MR) is 116 cm³/mol. The number of piperazine rings is 1. The number of anilines is 3. The minimum atomic E-state index is -0.0243. The van der Waals surface area contributed by atoms with Crippen LogP contribution in [0.2, 0.25) is 0 Å². The zero-order chi connectivity index (χ0) is 20.2. The zero-order valence-corrected chi connectivity index (χ0v) is 16.8. The van der Waals surface area contributed by atoms with Gasteiger partial charge in [-0.25, -0.2) is 9.97 Å². The van der Waals surface area contributed by atoms with Gasteiger partial charge in [-0.15, -0.1) is 0 Å². The van der Waals surface area contributed by atoms with Gasteiger partial charge in [0.2, 0.25) is 0 Å². The van der Waals surface area contributed by atoms with Crippen LogP contribution < -0.4 is 10.2 Å². The molecule has 0 atom stereocenters. The van der Waals surface area contributed by atoms with Crippen molar-refractivity contribution in [3.63, 3.8) is 0 Å². The van der Waals surface area contributed by atoms with Crippen molar-refractivity contribution in [2.45, 2.75) is 13.8 Å². The first kappa shape index (κ1) is 18.9. The smallest absolute Gasteiger partial charge is 0.272 e. The maximum absolute atomic E-state index is 12.8. The summed E-state index contributed by atoms with van der Waals surface area (Å²) in [5, 5.41) is 3.37. The average molecular weight is 387 g/mol. The Kier molecular flexibility index (Phi) is 5.42. The number of pyridine rings is 2. The second kappa shape index (κ2) is 8.31. The van der Waals surface area contributed by atoms with E-state index in [4.69, 9.17) is 0 Å². The topological polar surface area (TPSA) is 61.4 Å². The molecule has 0 saturated carbocycles. The molecule has 1 amide bonds. The summed E-state index contributed by atoms with van der Waals surface area (Å²) in [6.07, 6.45) is 3.52. The van der Waals surface area contributed by atoms with Gasteiger partial charge in [-0.2, -0.15) is 0 Å². The monoisotopic (exact) mass is 387 g/mol. The van der Waals surface area contributed by atoms with Crippen molar-refractivity contribution < 1.29 is 4.79 Å². The van der Waals surface area contributed by atoms with Crippen molar-refractivity contribution in [1.82, 2.24) is 14.9 Å². The van der Waals surface area contributed by atoms with Gasteiger partial charge in [0.1, 0.15) is 11.5 Å². The van der Waals surface area contributed by atoms with Gasteiger partial charge >= 0.3 is 0 Å². The van der Waals surface area contributed by atoms with Crippen LogP contribution in [0.15, 0.2) is 60.9 Å². The third-order valence-electron chi connectivity index (χ3n) is 5.18. The minimum absolute atomic E-state index is 0.0243.